The summed E-state index contributed by atoms with van der Waals surface area (Å²) in [6.07, 6.45) is 0. The van der Waals surface area contributed by atoms with Crippen LogP contribution in [0.3, 0.4) is 0 Å². The van der Waals surface area contributed by atoms with Crippen LogP contribution in [0.15, 0.2) is 4.90 Å². The van der Waals surface area contributed by atoms with E-state index >= 15 is 0 Å². The average Bonchev–Trinajstić information content (AvgIpc) is 1.75. The second-order valence-corrected chi connectivity index (χ2v) is 7.13. The van der Waals surface area contributed by atoms with Gasteiger partial charge in [0.2, 0.25) is 0 Å². The van der Waals surface area contributed by atoms with Crippen molar-refractivity contribution in [1.29, 1.82) is 0 Å². The zero-order valence-corrected chi connectivity index (χ0v) is 12.0. The molecule has 0 N–H and O–H groups in total. The fourth-order valence-electron chi connectivity index (χ4n) is 1.58. The molecular formula is C12H27BN2. The minimum atomic E-state index is -0.00521. The molecule has 0 bridgehead atoms. The maximum atomic E-state index is 4.59. The SMILES string of the molecule is CC(C)(C)N=BN(C(C)(C)C)C(C)(C)C. The van der Waals surface area contributed by atoms with Gasteiger partial charge in [-0.3, -0.25) is 0 Å². The van der Waals surface area contributed by atoms with Gasteiger partial charge in [-0.25, -0.2) is 0 Å². The summed E-state index contributed by atoms with van der Waals surface area (Å²) in [5.74, 6) is 0. The topological polar surface area (TPSA) is 15.6 Å². The number of hydrogen-bond acceptors (Lipinski definition) is 1. The van der Waals surface area contributed by atoms with Crippen LogP contribution in [0.5, 0.6) is 0 Å². The normalized spacial score (nSPS) is 14.2. The first kappa shape index (κ1) is 14.7. The summed E-state index contributed by atoms with van der Waals surface area (Å²) in [6, 6.07) is 0. The quantitative estimate of drug-likeness (QED) is 0.605. The van der Waals surface area contributed by atoms with Crippen LogP contribution in [0.1, 0.15) is 62.3 Å². The molecule has 0 aliphatic rings. The van der Waals surface area contributed by atoms with E-state index in [2.05, 4.69) is 72.0 Å². The van der Waals surface area contributed by atoms with Crippen molar-refractivity contribution in [2.75, 3.05) is 0 Å². The summed E-state index contributed by atoms with van der Waals surface area (Å²) in [5.41, 5.74) is 0.203. The Bertz CT molecular complexity index is 211. The molecule has 0 saturated carbocycles. The molecule has 0 rings (SSSR count). The van der Waals surface area contributed by atoms with E-state index in [9.17, 15) is 0 Å². The van der Waals surface area contributed by atoms with E-state index in [1.165, 1.54) is 0 Å². The number of hydrogen-bond donors (Lipinski definition) is 0. The van der Waals surface area contributed by atoms with E-state index in [0.29, 0.717) is 0 Å². The van der Waals surface area contributed by atoms with Gasteiger partial charge in [0, 0.05) is 0 Å². The van der Waals surface area contributed by atoms with Crippen LogP contribution >= 0.6 is 0 Å². The molecule has 0 heterocycles. The Morgan fingerprint density at radius 3 is 1.27 bits per heavy atom. The van der Waals surface area contributed by atoms with E-state index in [-0.39, 0.29) is 16.6 Å². The maximum absolute atomic E-state index is 4.59. The standard InChI is InChI=1S/C12H27BN2/c1-10(2,3)14-13-15(11(4,5)6)12(7,8)9/h1-9H3. The second kappa shape index (κ2) is 4.27. The molecule has 0 fully saturated rings. The van der Waals surface area contributed by atoms with Gasteiger partial charge in [0.15, 0.2) is 0 Å². The molecule has 0 aromatic heterocycles. The fraction of sp³-hybridized carbons (Fsp3) is 1.00. The van der Waals surface area contributed by atoms with Gasteiger partial charge in [-0.05, 0) is 0 Å². The van der Waals surface area contributed by atoms with Crippen molar-refractivity contribution in [1.82, 2.24) is 4.81 Å². The molecule has 0 amide bonds. The summed E-state index contributed by atoms with van der Waals surface area (Å²) in [6.45, 7) is 19.6. The molecule has 0 atom stereocenters. The molecule has 0 aromatic rings. The zero-order valence-electron chi connectivity index (χ0n) is 12.0. The van der Waals surface area contributed by atoms with Gasteiger partial charge < -0.3 is 0 Å². The Balaban J connectivity index is 4.94. The summed E-state index contributed by atoms with van der Waals surface area (Å²) in [7, 11) is 2.00. The molecule has 0 saturated heterocycles. The molecule has 3 heteroatoms. The molecule has 15 heavy (non-hydrogen) atoms. The molecule has 88 valence electrons. The Labute approximate surface area is 96.4 Å². The molecule has 0 aliphatic heterocycles. The monoisotopic (exact) mass is 210 g/mol. The summed E-state index contributed by atoms with van der Waals surface area (Å²) < 4.78 is 0. The van der Waals surface area contributed by atoms with E-state index in [4.69, 9.17) is 0 Å². The van der Waals surface area contributed by atoms with Crippen LogP contribution in [0, 0.1) is 0 Å². The van der Waals surface area contributed by atoms with E-state index in [1.54, 1.807) is 0 Å². The molecule has 0 aromatic carbocycles. The van der Waals surface area contributed by atoms with Crippen molar-refractivity contribution in [2.24, 2.45) is 4.90 Å². The Hall–Kier alpha value is -0.335. The molecule has 0 radical (unpaired) electrons. The predicted molar refractivity (Wildman–Crippen MR) is 69.3 cm³/mol. The van der Waals surface area contributed by atoms with Crippen molar-refractivity contribution >= 4 is 7.21 Å². The minimum absolute atomic E-state index is 0.00521. The Kier molecular flexibility index (Phi) is 4.17. The zero-order chi connectivity index (χ0) is 12.5. The van der Waals surface area contributed by atoms with Crippen LogP contribution in [-0.2, 0) is 0 Å². The van der Waals surface area contributed by atoms with Gasteiger partial charge in [0.05, 0.1) is 0 Å². The first-order chi connectivity index (χ1) is 6.34. The van der Waals surface area contributed by atoms with Gasteiger partial charge in [-0.1, -0.05) is 0 Å². The van der Waals surface area contributed by atoms with E-state index in [1.807, 2.05) is 7.21 Å². The molecule has 2 nitrogen and oxygen atoms in total. The third-order valence-electron chi connectivity index (χ3n) is 2.01. The molecular weight excluding hydrogens is 183 g/mol. The summed E-state index contributed by atoms with van der Waals surface area (Å²) in [5, 5.41) is 0. The van der Waals surface area contributed by atoms with Crippen LogP contribution in [0.25, 0.3) is 0 Å². The molecule has 0 unspecified atom stereocenters. The van der Waals surface area contributed by atoms with Crippen LogP contribution in [0.4, 0.5) is 0 Å². The van der Waals surface area contributed by atoms with Crippen LogP contribution in [0.2, 0.25) is 0 Å². The Morgan fingerprint density at radius 1 is 0.733 bits per heavy atom. The molecule has 0 spiro atoms. The van der Waals surface area contributed by atoms with Crippen molar-refractivity contribution in [3.05, 3.63) is 0 Å². The van der Waals surface area contributed by atoms with Crippen molar-refractivity contribution < 1.29 is 0 Å². The summed E-state index contributed by atoms with van der Waals surface area (Å²) >= 11 is 0. The second-order valence-electron chi connectivity index (χ2n) is 7.13. The van der Waals surface area contributed by atoms with Gasteiger partial charge in [0.25, 0.3) is 0 Å². The Morgan fingerprint density at radius 2 is 1.07 bits per heavy atom. The predicted octanol–water partition coefficient (Wildman–Crippen LogP) is 3.49. The van der Waals surface area contributed by atoms with Crippen molar-refractivity contribution in [2.45, 2.75) is 78.9 Å². The number of nitrogens with zero attached hydrogens (tertiary/aromatic N) is 2. The van der Waals surface area contributed by atoms with Gasteiger partial charge >= 0.3 is 95.8 Å². The first-order valence-electron chi connectivity index (χ1n) is 5.69. The van der Waals surface area contributed by atoms with Crippen molar-refractivity contribution in [3.63, 3.8) is 0 Å². The van der Waals surface area contributed by atoms with Gasteiger partial charge in [-0.2, -0.15) is 0 Å². The number of rotatable bonds is 1. The van der Waals surface area contributed by atoms with Gasteiger partial charge in [0.1, 0.15) is 0 Å². The first-order valence-corrected chi connectivity index (χ1v) is 5.69. The van der Waals surface area contributed by atoms with Crippen LogP contribution < -0.4 is 0 Å². The third-order valence-corrected chi connectivity index (χ3v) is 2.01. The van der Waals surface area contributed by atoms with E-state index < -0.39 is 0 Å². The van der Waals surface area contributed by atoms with Crippen molar-refractivity contribution in [3.8, 4) is 0 Å². The average molecular weight is 210 g/mol. The third kappa shape index (κ3) is 5.96. The fourth-order valence-corrected chi connectivity index (χ4v) is 1.58. The molecule has 0 aliphatic carbocycles. The summed E-state index contributed by atoms with van der Waals surface area (Å²) in [4.78, 5) is 6.90. The van der Waals surface area contributed by atoms with E-state index in [0.717, 1.165) is 0 Å². The van der Waals surface area contributed by atoms with Gasteiger partial charge in [-0.15, -0.1) is 0 Å². The van der Waals surface area contributed by atoms with Crippen LogP contribution in [-0.4, -0.2) is 28.6 Å².